The fourth-order valence-corrected chi connectivity index (χ4v) is 3.89. The van der Waals surface area contributed by atoms with E-state index in [9.17, 15) is 4.79 Å². The molecule has 2 amide bonds. The van der Waals surface area contributed by atoms with E-state index in [1.54, 1.807) is 0 Å². The normalized spacial score (nSPS) is 10.6. The molecule has 220 valence electrons. The van der Waals surface area contributed by atoms with Gasteiger partial charge in [-0.2, -0.15) is 0 Å². The molecule has 1 atom stereocenters. The maximum atomic E-state index is 10.3. The Morgan fingerprint density at radius 1 is 0.639 bits per heavy atom. The summed E-state index contributed by atoms with van der Waals surface area (Å²) in [5.74, 6) is 0.130. The lowest BCUT2D eigenvalue weighted by molar-refractivity contribution is -0.118. The summed E-state index contributed by atoms with van der Waals surface area (Å²) in [6.45, 7) is 12.0. The van der Waals surface area contributed by atoms with Gasteiger partial charge in [0.2, 0.25) is 12.3 Å². The molecule has 5 heteroatoms. The van der Waals surface area contributed by atoms with Gasteiger partial charge >= 0.3 is 0 Å². The summed E-state index contributed by atoms with van der Waals surface area (Å²) < 4.78 is 0. The Labute approximate surface area is 227 Å². The molecule has 0 aliphatic heterocycles. The van der Waals surface area contributed by atoms with Crippen LogP contribution in [0.3, 0.4) is 0 Å². The number of hydrogen-bond donors (Lipinski definition) is 3. The first-order valence-electron chi connectivity index (χ1n) is 15.5. The van der Waals surface area contributed by atoms with E-state index in [1.165, 1.54) is 128 Å². The Kier molecular flexibility index (Phi) is 51.3. The monoisotopic (exact) mass is 516 g/mol. The van der Waals surface area contributed by atoms with Crippen molar-refractivity contribution < 1.29 is 9.59 Å². The van der Waals surface area contributed by atoms with Gasteiger partial charge in [0, 0.05) is 6.42 Å². The fourth-order valence-electron chi connectivity index (χ4n) is 3.89. The third-order valence-corrected chi connectivity index (χ3v) is 6.02. The number of unbranched alkanes of at least 4 members (excludes halogenated alkanes) is 18. The van der Waals surface area contributed by atoms with Crippen LogP contribution in [0.25, 0.3) is 0 Å². The Balaban J connectivity index is -0.000000204. The van der Waals surface area contributed by atoms with E-state index < -0.39 is 0 Å². The van der Waals surface area contributed by atoms with E-state index in [-0.39, 0.29) is 12.3 Å². The molecule has 0 radical (unpaired) electrons. The average molecular weight is 516 g/mol. The van der Waals surface area contributed by atoms with Crippen LogP contribution in [0.15, 0.2) is 0 Å². The first-order valence-corrected chi connectivity index (χ1v) is 15.5. The Bertz CT molecular complexity index is 339. The van der Waals surface area contributed by atoms with E-state index in [4.69, 9.17) is 10.5 Å². The predicted octanol–water partition coefficient (Wildman–Crippen LogP) is 8.67. The molecular formula is C31H69N3O2. The average Bonchev–Trinajstić information content (AvgIpc) is 2.84. The largest absolute Gasteiger partial charge is 0.372 e. The minimum atomic E-state index is -0.224. The van der Waals surface area contributed by atoms with Crippen molar-refractivity contribution in [3.63, 3.8) is 0 Å². The maximum Gasteiger partial charge on any atom is 0.217 e. The molecular weight excluding hydrogens is 446 g/mol. The van der Waals surface area contributed by atoms with Gasteiger partial charge in [-0.25, -0.2) is 0 Å². The number of nitrogens with one attached hydrogen (secondary N) is 1. The molecule has 0 fully saturated rings. The zero-order valence-corrected chi connectivity index (χ0v) is 25.7. The lowest BCUT2D eigenvalue weighted by Gasteiger charge is -2.05. The second kappa shape index (κ2) is 43.9. The summed E-state index contributed by atoms with van der Waals surface area (Å²) >= 11 is 0. The van der Waals surface area contributed by atoms with Crippen LogP contribution in [0.4, 0.5) is 0 Å². The van der Waals surface area contributed by atoms with Crippen LogP contribution in [0.2, 0.25) is 0 Å². The van der Waals surface area contributed by atoms with Gasteiger partial charge in [-0.1, -0.05) is 163 Å². The number of hydrogen-bond acceptors (Lipinski definition) is 3. The van der Waals surface area contributed by atoms with Crippen LogP contribution in [0.1, 0.15) is 169 Å². The quantitative estimate of drug-likeness (QED) is 0.0993. The topological polar surface area (TPSA) is 98.2 Å². The van der Waals surface area contributed by atoms with Crippen LogP contribution in [-0.2, 0) is 9.59 Å². The molecule has 0 aliphatic carbocycles. The van der Waals surface area contributed by atoms with Gasteiger partial charge in [-0.15, -0.1) is 0 Å². The summed E-state index contributed by atoms with van der Waals surface area (Å²) in [5, 5.41) is 2.97. The number of carbonyl (C=O) groups is 2. The van der Waals surface area contributed by atoms with Crippen molar-refractivity contribution in [2.45, 2.75) is 169 Å². The number of amides is 2. The molecule has 5 nitrogen and oxygen atoms in total. The molecule has 0 aliphatic rings. The highest BCUT2D eigenvalue weighted by molar-refractivity contribution is 5.73. The highest BCUT2D eigenvalue weighted by Gasteiger charge is 2.02. The van der Waals surface area contributed by atoms with Gasteiger partial charge in [-0.3, -0.25) is 9.59 Å². The molecule has 0 spiro atoms. The van der Waals surface area contributed by atoms with Gasteiger partial charge in [0.05, 0.1) is 0 Å². The second-order valence-corrected chi connectivity index (χ2v) is 10.1. The highest BCUT2D eigenvalue weighted by Crippen LogP contribution is 2.11. The predicted molar refractivity (Wildman–Crippen MR) is 162 cm³/mol. The summed E-state index contributed by atoms with van der Waals surface area (Å²) in [6, 6.07) is 0. The smallest absolute Gasteiger partial charge is 0.217 e. The van der Waals surface area contributed by atoms with Crippen molar-refractivity contribution in [1.29, 1.82) is 0 Å². The zero-order chi connectivity index (χ0) is 28.1. The van der Waals surface area contributed by atoms with Crippen LogP contribution in [0.5, 0.6) is 0 Å². The molecule has 0 saturated heterocycles. The number of carbonyl (C=O) groups excluding carboxylic acids is 2. The lowest BCUT2D eigenvalue weighted by atomic mass is 10.1. The molecule has 0 aromatic heterocycles. The Morgan fingerprint density at radius 3 is 1.03 bits per heavy atom. The molecule has 0 saturated carbocycles. The lowest BCUT2D eigenvalue weighted by Crippen LogP contribution is -2.22. The Hall–Kier alpha value is -1.10. The van der Waals surface area contributed by atoms with E-state index in [0.717, 1.165) is 6.54 Å². The zero-order valence-electron chi connectivity index (χ0n) is 25.7. The van der Waals surface area contributed by atoms with Crippen molar-refractivity contribution in [3.8, 4) is 0 Å². The molecule has 36 heavy (non-hydrogen) atoms. The van der Waals surface area contributed by atoms with Gasteiger partial charge in [0.1, 0.15) is 0 Å². The molecule has 0 heterocycles. The third kappa shape index (κ3) is 58.6. The standard InChI is InChI=1S/2C12H26.C6H14N2O.CH3NO/c2*1-3-5-7-9-11-12-10-8-6-4-2;1-5(4-8-2)3-6(7)9;2-1-3/h2*3-12H2,1-2H3;5,8H,3-4H2,1-2H3,(H2,7,9);1H,(H2,2,3). The first kappa shape index (κ1) is 42.0. The summed E-state index contributed by atoms with van der Waals surface area (Å²) in [7, 11) is 1.86. The molecule has 0 aromatic rings. The van der Waals surface area contributed by atoms with Gasteiger partial charge in [-0.05, 0) is 19.5 Å². The van der Waals surface area contributed by atoms with E-state index in [0.29, 0.717) is 12.3 Å². The molecule has 0 rings (SSSR count). The van der Waals surface area contributed by atoms with Crippen molar-refractivity contribution in [3.05, 3.63) is 0 Å². The summed E-state index contributed by atoms with van der Waals surface area (Å²) in [4.78, 5) is 18.9. The molecule has 0 aromatic carbocycles. The van der Waals surface area contributed by atoms with Crippen LogP contribution < -0.4 is 16.8 Å². The van der Waals surface area contributed by atoms with Crippen LogP contribution >= 0.6 is 0 Å². The highest BCUT2D eigenvalue weighted by atomic mass is 16.1. The summed E-state index contributed by atoms with van der Waals surface area (Å²) in [5.41, 5.74) is 9.12. The number of nitrogens with two attached hydrogens (primary N) is 2. The SMILES string of the molecule is CCCCCCCCCCCC.CCCCCCCCCCCC.CNCC(C)CC(N)=O.NC=O. The van der Waals surface area contributed by atoms with Crippen molar-refractivity contribution in [2.24, 2.45) is 17.4 Å². The molecule has 0 bridgehead atoms. The van der Waals surface area contributed by atoms with Gasteiger partial charge in [0.15, 0.2) is 0 Å². The van der Waals surface area contributed by atoms with E-state index in [1.807, 2.05) is 14.0 Å². The van der Waals surface area contributed by atoms with Crippen molar-refractivity contribution in [1.82, 2.24) is 5.32 Å². The van der Waals surface area contributed by atoms with Gasteiger partial charge in [0.25, 0.3) is 0 Å². The molecule has 1 unspecified atom stereocenters. The minimum Gasteiger partial charge on any atom is -0.372 e. The number of rotatable bonds is 22. The van der Waals surface area contributed by atoms with E-state index >= 15 is 0 Å². The fraction of sp³-hybridized carbons (Fsp3) is 0.935. The van der Waals surface area contributed by atoms with Crippen LogP contribution in [0, 0.1) is 5.92 Å². The third-order valence-electron chi connectivity index (χ3n) is 6.02. The first-order chi connectivity index (χ1) is 17.4. The van der Waals surface area contributed by atoms with Crippen LogP contribution in [-0.4, -0.2) is 25.9 Å². The molecule has 5 N–H and O–H groups in total. The minimum absolute atomic E-state index is 0.224. The Morgan fingerprint density at radius 2 is 0.861 bits per heavy atom. The second-order valence-electron chi connectivity index (χ2n) is 10.1. The maximum absolute atomic E-state index is 10.3. The van der Waals surface area contributed by atoms with Crippen molar-refractivity contribution >= 4 is 12.3 Å². The van der Waals surface area contributed by atoms with Crippen molar-refractivity contribution in [2.75, 3.05) is 13.6 Å². The summed E-state index contributed by atoms with van der Waals surface area (Å²) in [6.07, 6.45) is 29.6. The number of primary amides is 2. The van der Waals surface area contributed by atoms with E-state index in [2.05, 4.69) is 38.7 Å². The van der Waals surface area contributed by atoms with Gasteiger partial charge < -0.3 is 16.8 Å².